The zero-order valence-corrected chi connectivity index (χ0v) is 13.9. The molecule has 2 aliphatic heterocycles. The summed E-state index contributed by atoms with van der Waals surface area (Å²) in [5.74, 6) is 0. The van der Waals surface area contributed by atoms with E-state index >= 15 is 0 Å². The normalized spacial score (nSPS) is 19.6. The molecule has 3 rings (SSSR count). The SMILES string of the molecule is CN1C=CN(S(=O)(=O)N2CC=C(c3ccc(Cl)cc3)CC2)C1. The van der Waals surface area contributed by atoms with Crippen molar-refractivity contribution in [1.29, 1.82) is 0 Å². The van der Waals surface area contributed by atoms with Crippen molar-refractivity contribution in [2.24, 2.45) is 0 Å². The van der Waals surface area contributed by atoms with Crippen LogP contribution in [0.15, 0.2) is 42.7 Å². The summed E-state index contributed by atoms with van der Waals surface area (Å²) >= 11 is 5.90. The van der Waals surface area contributed by atoms with Gasteiger partial charge < -0.3 is 4.90 Å². The van der Waals surface area contributed by atoms with Crippen LogP contribution < -0.4 is 0 Å². The summed E-state index contributed by atoms with van der Waals surface area (Å²) in [6.07, 6.45) is 6.05. The lowest BCUT2D eigenvalue weighted by molar-refractivity contribution is 0.346. The van der Waals surface area contributed by atoms with Gasteiger partial charge in [-0.2, -0.15) is 12.7 Å². The second kappa shape index (κ2) is 5.95. The predicted octanol–water partition coefficient (Wildman–Crippen LogP) is 2.35. The van der Waals surface area contributed by atoms with Crippen LogP contribution in [0.1, 0.15) is 12.0 Å². The van der Waals surface area contributed by atoms with E-state index in [9.17, 15) is 8.42 Å². The van der Waals surface area contributed by atoms with Crippen molar-refractivity contribution in [3.63, 3.8) is 0 Å². The molecule has 0 spiro atoms. The Balaban J connectivity index is 1.73. The van der Waals surface area contributed by atoms with Crippen LogP contribution in [-0.4, -0.2) is 48.7 Å². The number of halogens is 1. The van der Waals surface area contributed by atoms with Crippen molar-refractivity contribution >= 4 is 27.4 Å². The number of benzene rings is 1. The van der Waals surface area contributed by atoms with Gasteiger partial charge in [-0.3, -0.25) is 0 Å². The molecular weight excluding hydrogens is 322 g/mol. The first kappa shape index (κ1) is 15.4. The molecule has 0 saturated heterocycles. The van der Waals surface area contributed by atoms with Crippen LogP contribution in [0.5, 0.6) is 0 Å². The van der Waals surface area contributed by atoms with Crippen LogP contribution >= 0.6 is 11.6 Å². The molecule has 2 aliphatic rings. The zero-order chi connectivity index (χ0) is 15.7. The van der Waals surface area contributed by atoms with E-state index in [-0.39, 0.29) is 0 Å². The molecule has 0 unspecified atom stereocenters. The smallest absolute Gasteiger partial charge is 0.305 e. The predicted molar refractivity (Wildman–Crippen MR) is 88.1 cm³/mol. The molecule has 118 valence electrons. The third-order valence-corrected chi connectivity index (χ3v) is 5.93. The minimum Gasteiger partial charge on any atom is -0.361 e. The first-order valence-electron chi connectivity index (χ1n) is 7.07. The maximum atomic E-state index is 12.5. The molecule has 0 radical (unpaired) electrons. The highest BCUT2D eigenvalue weighted by Crippen LogP contribution is 2.26. The Kier molecular flexibility index (Phi) is 4.16. The maximum absolute atomic E-state index is 12.5. The van der Waals surface area contributed by atoms with Gasteiger partial charge in [-0.05, 0) is 29.7 Å². The Morgan fingerprint density at radius 1 is 1.14 bits per heavy atom. The van der Waals surface area contributed by atoms with Gasteiger partial charge in [-0.1, -0.05) is 29.8 Å². The summed E-state index contributed by atoms with van der Waals surface area (Å²) in [5, 5.41) is 0.703. The highest BCUT2D eigenvalue weighted by atomic mass is 35.5. The van der Waals surface area contributed by atoms with E-state index in [1.54, 1.807) is 12.4 Å². The van der Waals surface area contributed by atoms with Crippen LogP contribution in [0.3, 0.4) is 0 Å². The van der Waals surface area contributed by atoms with Gasteiger partial charge in [0.1, 0.15) is 6.67 Å². The second-order valence-corrected chi connectivity index (χ2v) is 7.75. The van der Waals surface area contributed by atoms with Crippen LogP contribution in [0.25, 0.3) is 5.57 Å². The third kappa shape index (κ3) is 2.99. The third-order valence-electron chi connectivity index (χ3n) is 3.86. The van der Waals surface area contributed by atoms with Gasteiger partial charge in [0.15, 0.2) is 0 Å². The summed E-state index contributed by atoms with van der Waals surface area (Å²) in [7, 11) is -1.59. The second-order valence-electron chi connectivity index (χ2n) is 5.44. The summed E-state index contributed by atoms with van der Waals surface area (Å²) in [5.41, 5.74) is 2.26. The first-order valence-corrected chi connectivity index (χ1v) is 8.85. The van der Waals surface area contributed by atoms with Crippen molar-refractivity contribution in [1.82, 2.24) is 13.5 Å². The highest BCUT2D eigenvalue weighted by Gasteiger charge is 2.31. The van der Waals surface area contributed by atoms with E-state index in [4.69, 9.17) is 11.6 Å². The molecule has 0 aromatic heterocycles. The Hall–Kier alpha value is -1.50. The number of nitrogens with zero attached hydrogens (tertiary/aromatic N) is 3. The molecule has 0 saturated carbocycles. The molecule has 2 heterocycles. The maximum Gasteiger partial charge on any atom is 0.305 e. The van der Waals surface area contributed by atoms with E-state index in [0.29, 0.717) is 31.2 Å². The molecule has 0 amide bonds. The zero-order valence-electron chi connectivity index (χ0n) is 12.3. The Morgan fingerprint density at radius 2 is 1.86 bits per heavy atom. The quantitative estimate of drug-likeness (QED) is 0.849. The topological polar surface area (TPSA) is 43.9 Å². The minimum absolute atomic E-state index is 0.368. The average molecular weight is 340 g/mol. The van der Waals surface area contributed by atoms with E-state index in [1.807, 2.05) is 42.3 Å². The molecule has 0 N–H and O–H groups in total. The fourth-order valence-electron chi connectivity index (χ4n) is 2.59. The fourth-order valence-corrected chi connectivity index (χ4v) is 4.13. The van der Waals surface area contributed by atoms with Crippen molar-refractivity contribution in [3.8, 4) is 0 Å². The molecule has 0 fully saturated rings. The molecule has 7 heteroatoms. The Morgan fingerprint density at radius 3 is 2.41 bits per heavy atom. The van der Waals surface area contributed by atoms with Gasteiger partial charge in [0.2, 0.25) is 0 Å². The van der Waals surface area contributed by atoms with Gasteiger partial charge in [0, 0.05) is 37.6 Å². The Bertz CT molecular complexity index is 713. The molecule has 0 bridgehead atoms. The summed E-state index contributed by atoms with van der Waals surface area (Å²) < 4.78 is 28.0. The van der Waals surface area contributed by atoms with Gasteiger partial charge in [-0.15, -0.1) is 0 Å². The van der Waals surface area contributed by atoms with Crippen LogP contribution in [0, 0.1) is 0 Å². The number of hydrogen-bond donors (Lipinski definition) is 0. The standard InChI is InChI=1S/C15H18ClN3O2S/c1-17-10-11-19(12-17)22(20,21)18-8-6-14(7-9-18)13-2-4-15(16)5-3-13/h2-6,10-11H,7-9,12H2,1H3. The lowest BCUT2D eigenvalue weighted by atomic mass is 10.0. The largest absolute Gasteiger partial charge is 0.361 e. The average Bonchev–Trinajstić information content (AvgIpc) is 2.96. The Labute approximate surface area is 136 Å². The van der Waals surface area contributed by atoms with Crippen molar-refractivity contribution in [2.45, 2.75) is 6.42 Å². The van der Waals surface area contributed by atoms with Gasteiger partial charge >= 0.3 is 10.2 Å². The van der Waals surface area contributed by atoms with Crippen LogP contribution in [0.4, 0.5) is 0 Å². The van der Waals surface area contributed by atoms with E-state index in [0.717, 1.165) is 11.1 Å². The first-order chi connectivity index (χ1) is 10.5. The summed E-state index contributed by atoms with van der Waals surface area (Å²) in [6, 6.07) is 7.64. The van der Waals surface area contributed by atoms with Gasteiger partial charge in [0.05, 0.1) is 0 Å². The molecule has 0 atom stereocenters. The van der Waals surface area contributed by atoms with E-state index < -0.39 is 10.2 Å². The fraction of sp³-hybridized carbons (Fsp3) is 0.333. The molecule has 22 heavy (non-hydrogen) atoms. The number of rotatable bonds is 3. The molecule has 0 aliphatic carbocycles. The molecular formula is C15H18ClN3O2S. The summed E-state index contributed by atoms with van der Waals surface area (Å²) in [4.78, 5) is 1.83. The number of hydrogen-bond acceptors (Lipinski definition) is 3. The van der Waals surface area contributed by atoms with Gasteiger partial charge in [-0.25, -0.2) is 4.31 Å². The van der Waals surface area contributed by atoms with Crippen molar-refractivity contribution in [3.05, 3.63) is 53.3 Å². The van der Waals surface area contributed by atoms with Gasteiger partial charge in [0.25, 0.3) is 0 Å². The summed E-state index contributed by atoms with van der Waals surface area (Å²) in [6.45, 7) is 1.26. The van der Waals surface area contributed by atoms with Crippen molar-refractivity contribution < 1.29 is 8.42 Å². The van der Waals surface area contributed by atoms with Crippen LogP contribution in [0.2, 0.25) is 5.02 Å². The molecule has 5 nitrogen and oxygen atoms in total. The minimum atomic E-state index is -3.43. The van der Waals surface area contributed by atoms with Crippen molar-refractivity contribution in [2.75, 3.05) is 26.8 Å². The highest BCUT2D eigenvalue weighted by molar-refractivity contribution is 7.86. The molecule has 1 aromatic carbocycles. The van der Waals surface area contributed by atoms with E-state index in [2.05, 4.69) is 0 Å². The monoisotopic (exact) mass is 339 g/mol. The van der Waals surface area contributed by atoms with E-state index in [1.165, 1.54) is 8.61 Å². The lowest BCUT2D eigenvalue weighted by Crippen LogP contribution is -2.43. The lowest BCUT2D eigenvalue weighted by Gasteiger charge is -2.30. The molecule has 1 aromatic rings. The van der Waals surface area contributed by atoms with Crippen LogP contribution in [-0.2, 0) is 10.2 Å².